The SMILES string of the molecule is O=C(Nc1ccccc1)Nc1cccc(NC(=O)c2cn(Cc3ccccc3)nc2-c2cccnc2)c1. The van der Waals surface area contributed by atoms with E-state index in [0.29, 0.717) is 34.9 Å². The Balaban J connectivity index is 1.34. The first-order valence-electron chi connectivity index (χ1n) is 11.7. The number of aromatic nitrogens is 3. The maximum absolute atomic E-state index is 13.4. The molecule has 2 aromatic heterocycles. The highest BCUT2D eigenvalue weighted by Crippen LogP contribution is 2.24. The predicted molar refractivity (Wildman–Crippen MR) is 144 cm³/mol. The Kier molecular flexibility index (Phi) is 6.99. The molecule has 0 unspecified atom stereocenters. The van der Waals surface area contributed by atoms with Crippen LogP contribution in [0.4, 0.5) is 21.9 Å². The largest absolute Gasteiger partial charge is 0.323 e. The van der Waals surface area contributed by atoms with Gasteiger partial charge < -0.3 is 16.0 Å². The van der Waals surface area contributed by atoms with Crippen LogP contribution < -0.4 is 16.0 Å². The molecule has 0 aliphatic carbocycles. The van der Waals surface area contributed by atoms with Crippen molar-refractivity contribution >= 4 is 29.0 Å². The van der Waals surface area contributed by atoms with Crippen molar-refractivity contribution in [3.05, 3.63) is 127 Å². The summed E-state index contributed by atoms with van der Waals surface area (Å²) >= 11 is 0. The molecule has 182 valence electrons. The van der Waals surface area contributed by atoms with Crippen LogP contribution in [-0.2, 0) is 6.54 Å². The van der Waals surface area contributed by atoms with Gasteiger partial charge in [0.05, 0.1) is 12.1 Å². The molecular formula is C29H24N6O2. The normalized spacial score (nSPS) is 10.5. The lowest BCUT2D eigenvalue weighted by Crippen LogP contribution is -2.19. The lowest BCUT2D eigenvalue weighted by molar-refractivity contribution is 0.102. The monoisotopic (exact) mass is 488 g/mol. The van der Waals surface area contributed by atoms with Gasteiger partial charge in [0.25, 0.3) is 5.91 Å². The van der Waals surface area contributed by atoms with Gasteiger partial charge in [-0.2, -0.15) is 5.10 Å². The van der Waals surface area contributed by atoms with Gasteiger partial charge in [-0.1, -0.05) is 54.6 Å². The van der Waals surface area contributed by atoms with Crippen molar-refractivity contribution in [1.82, 2.24) is 14.8 Å². The fraction of sp³-hybridized carbons (Fsp3) is 0.0345. The van der Waals surface area contributed by atoms with Crippen LogP contribution in [0.25, 0.3) is 11.3 Å². The highest BCUT2D eigenvalue weighted by molar-refractivity contribution is 6.08. The molecule has 8 nitrogen and oxygen atoms in total. The van der Waals surface area contributed by atoms with Gasteiger partial charge in [-0.25, -0.2) is 4.79 Å². The van der Waals surface area contributed by atoms with E-state index in [1.54, 1.807) is 59.7 Å². The summed E-state index contributed by atoms with van der Waals surface area (Å²) in [6, 6.07) is 29.3. The number of anilines is 3. The number of carbonyl (C=O) groups excluding carboxylic acids is 2. The van der Waals surface area contributed by atoms with Crippen molar-refractivity contribution in [2.45, 2.75) is 6.54 Å². The summed E-state index contributed by atoms with van der Waals surface area (Å²) in [4.78, 5) is 29.9. The van der Waals surface area contributed by atoms with Crippen LogP contribution in [0.5, 0.6) is 0 Å². The molecule has 5 aromatic rings. The molecule has 0 saturated heterocycles. The van der Waals surface area contributed by atoms with E-state index >= 15 is 0 Å². The lowest BCUT2D eigenvalue weighted by Gasteiger charge is -2.10. The second kappa shape index (κ2) is 11.0. The van der Waals surface area contributed by atoms with Gasteiger partial charge in [-0.15, -0.1) is 0 Å². The number of benzene rings is 3. The van der Waals surface area contributed by atoms with E-state index < -0.39 is 0 Å². The number of para-hydroxylation sites is 1. The molecule has 0 spiro atoms. The van der Waals surface area contributed by atoms with E-state index in [-0.39, 0.29) is 11.9 Å². The van der Waals surface area contributed by atoms with E-state index in [1.807, 2.05) is 60.7 Å². The highest BCUT2D eigenvalue weighted by Gasteiger charge is 2.19. The summed E-state index contributed by atoms with van der Waals surface area (Å²) in [6.45, 7) is 0.525. The fourth-order valence-corrected chi connectivity index (χ4v) is 3.84. The number of amides is 3. The Hall–Kier alpha value is -5.24. The minimum Gasteiger partial charge on any atom is -0.322 e. The molecule has 37 heavy (non-hydrogen) atoms. The zero-order valence-electron chi connectivity index (χ0n) is 19.8. The third-order valence-corrected chi connectivity index (χ3v) is 5.54. The Morgan fingerprint density at radius 3 is 2.14 bits per heavy atom. The molecule has 0 saturated carbocycles. The van der Waals surface area contributed by atoms with Gasteiger partial charge in [-0.3, -0.25) is 14.5 Å². The molecule has 0 aliphatic rings. The average molecular weight is 489 g/mol. The highest BCUT2D eigenvalue weighted by atomic mass is 16.2. The number of nitrogens with zero attached hydrogens (tertiary/aromatic N) is 3. The zero-order chi connectivity index (χ0) is 25.5. The van der Waals surface area contributed by atoms with Crippen molar-refractivity contribution in [2.75, 3.05) is 16.0 Å². The van der Waals surface area contributed by atoms with E-state index in [4.69, 9.17) is 0 Å². The van der Waals surface area contributed by atoms with Gasteiger partial charge >= 0.3 is 6.03 Å². The number of nitrogens with one attached hydrogen (secondary N) is 3. The number of hydrogen-bond donors (Lipinski definition) is 3. The molecule has 0 aliphatic heterocycles. The van der Waals surface area contributed by atoms with Gasteiger partial charge in [0.2, 0.25) is 0 Å². The second-order valence-electron chi connectivity index (χ2n) is 8.30. The summed E-state index contributed by atoms with van der Waals surface area (Å²) in [6.07, 6.45) is 5.10. The Labute approximate surface area is 214 Å². The molecule has 8 heteroatoms. The van der Waals surface area contributed by atoms with E-state index in [9.17, 15) is 9.59 Å². The van der Waals surface area contributed by atoms with Crippen molar-refractivity contribution in [3.63, 3.8) is 0 Å². The third-order valence-electron chi connectivity index (χ3n) is 5.54. The van der Waals surface area contributed by atoms with E-state index in [0.717, 1.165) is 11.1 Å². The third kappa shape index (κ3) is 6.07. The summed E-state index contributed by atoms with van der Waals surface area (Å²) in [5.74, 6) is -0.316. The van der Waals surface area contributed by atoms with Crippen LogP contribution in [0.15, 0.2) is 116 Å². The minimum atomic E-state index is -0.379. The van der Waals surface area contributed by atoms with Gasteiger partial charge in [-0.05, 0) is 48.0 Å². The van der Waals surface area contributed by atoms with E-state index in [2.05, 4.69) is 26.0 Å². The number of carbonyl (C=O) groups is 2. The van der Waals surface area contributed by atoms with Crippen LogP contribution in [0.1, 0.15) is 15.9 Å². The molecule has 3 amide bonds. The van der Waals surface area contributed by atoms with E-state index in [1.165, 1.54) is 0 Å². The van der Waals surface area contributed by atoms with Crippen LogP contribution in [0.2, 0.25) is 0 Å². The van der Waals surface area contributed by atoms with Crippen LogP contribution in [0.3, 0.4) is 0 Å². The summed E-state index contributed by atoms with van der Waals surface area (Å²) in [5.41, 5.74) is 4.53. The number of rotatable bonds is 7. The molecule has 3 aromatic carbocycles. The quantitative estimate of drug-likeness (QED) is 0.266. The molecule has 0 atom stereocenters. The van der Waals surface area contributed by atoms with Crippen LogP contribution >= 0.6 is 0 Å². The van der Waals surface area contributed by atoms with Crippen molar-refractivity contribution < 1.29 is 9.59 Å². The second-order valence-corrected chi connectivity index (χ2v) is 8.30. The van der Waals surface area contributed by atoms with Gasteiger partial charge in [0, 0.05) is 41.2 Å². The molecule has 0 bridgehead atoms. The summed E-state index contributed by atoms with van der Waals surface area (Å²) < 4.78 is 1.75. The average Bonchev–Trinajstić information content (AvgIpc) is 3.34. The lowest BCUT2D eigenvalue weighted by atomic mass is 10.1. The first-order chi connectivity index (χ1) is 18.1. The summed E-state index contributed by atoms with van der Waals surface area (Å²) in [7, 11) is 0. The number of urea groups is 1. The fourth-order valence-electron chi connectivity index (χ4n) is 3.84. The standard InChI is InChI=1S/C29H24N6O2/c36-28(31-24-14-7-15-25(17-24)33-29(37)32-23-12-5-2-6-13-23)26-20-35(19-21-9-3-1-4-10-21)34-27(26)22-11-8-16-30-18-22/h1-18,20H,19H2,(H,31,36)(H2,32,33,37). The van der Waals surface area contributed by atoms with Crippen molar-refractivity contribution in [3.8, 4) is 11.3 Å². The van der Waals surface area contributed by atoms with Gasteiger partial charge in [0.1, 0.15) is 5.69 Å². The maximum Gasteiger partial charge on any atom is 0.323 e. The molecule has 5 rings (SSSR count). The topological polar surface area (TPSA) is 101 Å². The number of pyridine rings is 1. The van der Waals surface area contributed by atoms with Crippen molar-refractivity contribution in [2.24, 2.45) is 0 Å². The smallest absolute Gasteiger partial charge is 0.322 e. The predicted octanol–water partition coefficient (Wildman–Crippen LogP) is 5.89. The van der Waals surface area contributed by atoms with Crippen LogP contribution in [-0.4, -0.2) is 26.7 Å². The number of hydrogen-bond acceptors (Lipinski definition) is 4. The van der Waals surface area contributed by atoms with Crippen LogP contribution in [0, 0.1) is 0 Å². The van der Waals surface area contributed by atoms with Gasteiger partial charge in [0.15, 0.2) is 0 Å². The molecule has 3 N–H and O–H groups in total. The molecule has 2 heterocycles. The maximum atomic E-state index is 13.4. The molecule has 0 radical (unpaired) electrons. The Morgan fingerprint density at radius 1 is 0.730 bits per heavy atom. The minimum absolute atomic E-state index is 0.316. The zero-order valence-corrected chi connectivity index (χ0v) is 19.8. The molecular weight excluding hydrogens is 464 g/mol. The first kappa shape index (κ1) is 23.5. The Bertz CT molecular complexity index is 1500. The Morgan fingerprint density at radius 2 is 1.41 bits per heavy atom. The molecule has 0 fully saturated rings. The first-order valence-corrected chi connectivity index (χ1v) is 11.7. The van der Waals surface area contributed by atoms with Crippen molar-refractivity contribution in [1.29, 1.82) is 0 Å². The summed E-state index contributed by atoms with van der Waals surface area (Å²) in [5, 5.41) is 13.2.